The number of hydrogen-bond donors (Lipinski definition) is 2. The van der Waals surface area contributed by atoms with Crippen LogP contribution >= 0.6 is 11.6 Å². The Balaban J connectivity index is 1.31. The number of rotatable bonds is 8. The smallest absolute Gasteiger partial charge is 0.236 e. The summed E-state index contributed by atoms with van der Waals surface area (Å²) >= 11 is 6.56. The number of halogens is 2. The number of pyridine rings is 2. The molecule has 0 saturated carbocycles. The molecule has 1 aliphatic carbocycles. The maximum absolute atomic E-state index is 13.3. The zero-order valence-corrected chi connectivity index (χ0v) is 20.1. The van der Waals surface area contributed by atoms with E-state index in [1.807, 2.05) is 18.2 Å². The number of benzene rings is 1. The molecule has 1 aromatic carbocycles. The summed E-state index contributed by atoms with van der Waals surface area (Å²) in [7, 11) is 1.56. The first kappa shape index (κ1) is 23.5. The Labute approximate surface area is 208 Å². The first-order chi connectivity index (χ1) is 17.0. The molecule has 9 heteroatoms. The van der Waals surface area contributed by atoms with Crippen LogP contribution in [0.25, 0.3) is 11.3 Å². The maximum Gasteiger partial charge on any atom is 0.236 e. The molecule has 3 aromatic rings. The molecular formula is C26H26ClFN4O3. The molecule has 1 amide bonds. The number of carbonyl (C=O) groups is 1. The van der Waals surface area contributed by atoms with Gasteiger partial charge in [-0.05, 0) is 48.6 Å². The van der Waals surface area contributed by atoms with Gasteiger partial charge in [-0.3, -0.25) is 9.78 Å². The number of carbonyl (C=O) groups excluding carboxylic acids is 1. The molecule has 0 radical (unpaired) electrons. The highest BCUT2D eigenvalue weighted by Crippen LogP contribution is 2.41. The zero-order valence-electron chi connectivity index (χ0n) is 19.3. The van der Waals surface area contributed by atoms with Gasteiger partial charge in [-0.15, -0.1) is 0 Å². The van der Waals surface area contributed by atoms with E-state index in [1.54, 1.807) is 19.2 Å². The predicted molar refractivity (Wildman–Crippen MR) is 130 cm³/mol. The van der Waals surface area contributed by atoms with Crippen molar-refractivity contribution >= 4 is 17.5 Å². The number of hydrogen-bond acceptors (Lipinski definition) is 6. The summed E-state index contributed by atoms with van der Waals surface area (Å²) in [6, 6.07) is 11.0. The molecule has 1 unspecified atom stereocenters. The number of methoxy groups -OCH3 is 1. The van der Waals surface area contributed by atoms with E-state index in [1.165, 1.54) is 12.3 Å². The third-order valence-corrected chi connectivity index (χ3v) is 6.71. The van der Waals surface area contributed by atoms with Gasteiger partial charge in [0.05, 0.1) is 19.0 Å². The van der Waals surface area contributed by atoms with Gasteiger partial charge in [0.15, 0.2) is 0 Å². The minimum absolute atomic E-state index is 0.0927. The molecule has 35 heavy (non-hydrogen) atoms. The molecule has 2 aliphatic rings. The number of fused-ring (bicyclic) bond motifs is 1. The van der Waals surface area contributed by atoms with E-state index in [9.17, 15) is 9.18 Å². The van der Waals surface area contributed by atoms with E-state index < -0.39 is 0 Å². The highest BCUT2D eigenvalue weighted by molar-refractivity contribution is 6.31. The van der Waals surface area contributed by atoms with Gasteiger partial charge in [-0.1, -0.05) is 29.8 Å². The van der Waals surface area contributed by atoms with Crippen LogP contribution in [0, 0.1) is 5.82 Å². The van der Waals surface area contributed by atoms with Crippen LogP contribution in [0.1, 0.15) is 42.1 Å². The second kappa shape index (κ2) is 10.2. The van der Waals surface area contributed by atoms with E-state index in [-0.39, 0.29) is 23.9 Å². The monoisotopic (exact) mass is 496 g/mol. The summed E-state index contributed by atoms with van der Waals surface area (Å²) in [6.07, 6.45) is 4.00. The lowest BCUT2D eigenvalue weighted by Gasteiger charge is -2.18. The van der Waals surface area contributed by atoms with Gasteiger partial charge in [0.2, 0.25) is 17.7 Å². The van der Waals surface area contributed by atoms with Gasteiger partial charge < -0.3 is 20.1 Å². The average molecular weight is 497 g/mol. The van der Waals surface area contributed by atoms with Crippen molar-refractivity contribution in [2.24, 2.45) is 0 Å². The van der Waals surface area contributed by atoms with Gasteiger partial charge in [-0.25, -0.2) is 4.39 Å². The van der Waals surface area contributed by atoms with E-state index in [2.05, 4.69) is 20.6 Å². The second-order valence-corrected chi connectivity index (χ2v) is 9.17. The topological polar surface area (TPSA) is 85.4 Å². The number of nitrogens with one attached hydrogen (secondary N) is 2. The SMILES string of the molecule is COc1nc(O[C@H]2CCc3c(-c4ccc(F)cn4)cccc32)c(Cl)cc1CNCC1CCC(=O)N1. The molecule has 2 aromatic heterocycles. The third-order valence-electron chi connectivity index (χ3n) is 6.44. The molecule has 0 spiro atoms. The minimum atomic E-state index is -0.360. The molecule has 5 rings (SSSR count). The Morgan fingerprint density at radius 3 is 2.83 bits per heavy atom. The van der Waals surface area contributed by atoms with Crippen LogP contribution in [0.2, 0.25) is 5.02 Å². The summed E-state index contributed by atoms with van der Waals surface area (Å²) in [6.45, 7) is 1.16. The predicted octanol–water partition coefficient (Wildman–Crippen LogP) is 4.38. The van der Waals surface area contributed by atoms with Crippen molar-refractivity contribution in [3.8, 4) is 23.0 Å². The fraction of sp³-hybridized carbons (Fsp3) is 0.346. The normalized spacial score (nSPS) is 18.9. The van der Waals surface area contributed by atoms with Gasteiger partial charge >= 0.3 is 0 Å². The Morgan fingerprint density at radius 2 is 2.09 bits per heavy atom. The summed E-state index contributed by atoms with van der Waals surface area (Å²) in [5.74, 6) is 0.490. The lowest BCUT2D eigenvalue weighted by Crippen LogP contribution is -2.35. The van der Waals surface area contributed by atoms with E-state index >= 15 is 0 Å². The summed E-state index contributed by atoms with van der Waals surface area (Å²) in [4.78, 5) is 20.2. The van der Waals surface area contributed by atoms with E-state index in [4.69, 9.17) is 21.1 Å². The maximum atomic E-state index is 13.3. The van der Waals surface area contributed by atoms with E-state index in [0.717, 1.165) is 47.2 Å². The molecule has 0 bridgehead atoms. The van der Waals surface area contributed by atoms with Crippen LogP contribution in [0.4, 0.5) is 4.39 Å². The minimum Gasteiger partial charge on any atom is -0.481 e. The van der Waals surface area contributed by atoms with Gasteiger partial charge in [0.1, 0.15) is 16.9 Å². The molecule has 7 nitrogen and oxygen atoms in total. The molecule has 2 N–H and O–H groups in total. The van der Waals surface area contributed by atoms with Crippen LogP contribution in [-0.2, 0) is 17.8 Å². The van der Waals surface area contributed by atoms with Crippen molar-refractivity contribution < 1.29 is 18.7 Å². The zero-order chi connectivity index (χ0) is 24.4. The fourth-order valence-electron chi connectivity index (χ4n) is 4.74. The Kier molecular flexibility index (Phi) is 6.83. The molecule has 1 aliphatic heterocycles. The van der Waals surface area contributed by atoms with E-state index in [0.29, 0.717) is 36.3 Å². The van der Waals surface area contributed by atoms with Crippen molar-refractivity contribution in [1.29, 1.82) is 0 Å². The molecular weight excluding hydrogens is 471 g/mol. The van der Waals surface area contributed by atoms with Crippen LogP contribution in [0.15, 0.2) is 42.6 Å². The summed E-state index contributed by atoms with van der Waals surface area (Å²) < 4.78 is 25.1. The fourth-order valence-corrected chi connectivity index (χ4v) is 4.96. The summed E-state index contributed by atoms with van der Waals surface area (Å²) in [5.41, 5.74) is 4.71. The van der Waals surface area contributed by atoms with Crippen molar-refractivity contribution in [2.45, 2.75) is 44.4 Å². The first-order valence-corrected chi connectivity index (χ1v) is 12.0. The summed E-state index contributed by atoms with van der Waals surface area (Å²) in [5, 5.41) is 6.68. The Bertz CT molecular complexity index is 1240. The highest BCUT2D eigenvalue weighted by Gasteiger charge is 2.28. The van der Waals surface area contributed by atoms with Crippen molar-refractivity contribution in [2.75, 3.05) is 13.7 Å². The van der Waals surface area contributed by atoms with Crippen LogP contribution in [0.3, 0.4) is 0 Å². The standard InChI is InChI=1S/C26H26ClFN4O3/c1-34-25-15(12-29-14-17-6-10-24(33)31-17)11-21(27)26(32-25)35-23-9-7-18-19(3-2-4-20(18)23)22-8-5-16(28)13-30-22/h2-5,8,11,13,17,23,29H,6-7,9-10,12,14H2,1H3,(H,31,33)/t17?,23-/m0/s1. The van der Waals surface area contributed by atoms with Crippen LogP contribution in [0.5, 0.6) is 11.8 Å². The average Bonchev–Trinajstić information content (AvgIpc) is 3.47. The Morgan fingerprint density at radius 1 is 1.20 bits per heavy atom. The molecule has 2 atom stereocenters. The van der Waals surface area contributed by atoms with Gasteiger partial charge in [-0.2, -0.15) is 4.98 Å². The molecule has 1 fully saturated rings. The number of nitrogens with zero attached hydrogens (tertiary/aromatic N) is 2. The van der Waals surface area contributed by atoms with Crippen molar-refractivity contribution in [3.05, 3.63) is 70.1 Å². The quantitative estimate of drug-likeness (QED) is 0.481. The third kappa shape index (κ3) is 5.09. The van der Waals surface area contributed by atoms with Gasteiger partial charge in [0, 0.05) is 36.7 Å². The van der Waals surface area contributed by atoms with Gasteiger partial charge in [0.25, 0.3) is 0 Å². The van der Waals surface area contributed by atoms with Crippen molar-refractivity contribution in [1.82, 2.24) is 20.6 Å². The first-order valence-electron chi connectivity index (χ1n) is 11.7. The number of ether oxygens (including phenoxy) is 2. The number of amides is 1. The van der Waals surface area contributed by atoms with Crippen molar-refractivity contribution in [3.63, 3.8) is 0 Å². The lowest BCUT2D eigenvalue weighted by atomic mass is 10.00. The molecule has 182 valence electrons. The van der Waals surface area contributed by atoms with Crippen LogP contribution < -0.4 is 20.1 Å². The second-order valence-electron chi connectivity index (χ2n) is 8.76. The lowest BCUT2D eigenvalue weighted by molar-refractivity contribution is -0.119. The highest BCUT2D eigenvalue weighted by atomic mass is 35.5. The number of aromatic nitrogens is 2. The molecule has 1 saturated heterocycles. The largest absolute Gasteiger partial charge is 0.481 e. The van der Waals surface area contributed by atoms with Crippen LogP contribution in [-0.4, -0.2) is 35.6 Å². The molecule has 3 heterocycles. The Hall–Kier alpha value is -3.23.